The van der Waals surface area contributed by atoms with Crippen LogP contribution in [-0.4, -0.2) is 62.5 Å². The predicted molar refractivity (Wildman–Crippen MR) is 126 cm³/mol. The third kappa shape index (κ3) is 3.42. The van der Waals surface area contributed by atoms with Crippen molar-refractivity contribution in [1.82, 2.24) is 10.2 Å². The van der Waals surface area contributed by atoms with Crippen molar-refractivity contribution in [1.29, 1.82) is 0 Å². The van der Waals surface area contributed by atoms with Gasteiger partial charge in [0.05, 0.1) is 39.9 Å². The number of nitrogens with zero attached hydrogens (tertiary/aromatic N) is 1. The van der Waals surface area contributed by atoms with Gasteiger partial charge in [0.25, 0.3) is 0 Å². The summed E-state index contributed by atoms with van der Waals surface area (Å²) in [6.07, 6.45) is 2.23. The van der Waals surface area contributed by atoms with Crippen LogP contribution in [0.2, 0.25) is 5.02 Å². The average molecular weight is 480 g/mol. The van der Waals surface area contributed by atoms with Crippen LogP contribution in [0, 0.1) is 11.8 Å². The first kappa shape index (κ1) is 23.4. The van der Waals surface area contributed by atoms with Gasteiger partial charge in [0.15, 0.2) is 0 Å². The Morgan fingerprint density at radius 3 is 2.69 bits per heavy atom. The van der Waals surface area contributed by atoms with Crippen LogP contribution in [0.25, 0.3) is 0 Å². The van der Waals surface area contributed by atoms with E-state index >= 15 is 0 Å². The smallest absolute Gasteiger partial charge is 0.248 e. The van der Waals surface area contributed by atoms with Gasteiger partial charge in [-0.25, -0.2) is 0 Å². The summed E-state index contributed by atoms with van der Waals surface area (Å²) < 4.78 is -1.12. The Morgan fingerprint density at radius 1 is 1.31 bits per heavy atom. The molecule has 1 aromatic carbocycles. The highest BCUT2D eigenvalue weighted by molar-refractivity contribution is 8.02. The second-order valence-corrected chi connectivity index (χ2v) is 11.6. The second kappa shape index (κ2) is 8.54. The maximum absolute atomic E-state index is 13.8. The number of aliphatic hydroxyl groups excluding tert-OH is 1. The van der Waals surface area contributed by atoms with Crippen LogP contribution < -0.4 is 10.6 Å². The number of rotatable bonds is 7. The Balaban J connectivity index is 1.74. The van der Waals surface area contributed by atoms with Gasteiger partial charge in [-0.3, -0.25) is 14.4 Å². The minimum Gasteiger partial charge on any atom is -0.394 e. The molecule has 0 radical (unpaired) electrons. The van der Waals surface area contributed by atoms with Crippen molar-refractivity contribution in [2.75, 3.05) is 18.5 Å². The number of thioether (sulfide) groups is 1. The maximum Gasteiger partial charge on any atom is 0.248 e. The van der Waals surface area contributed by atoms with E-state index in [4.69, 9.17) is 11.6 Å². The molecule has 4 rings (SSSR count). The van der Waals surface area contributed by atoms with E-state index in [0.717, 1.165) is 12.8 Å². The molecule has 3 fully saturated rings. The standard InChI is InChI=1S/C23H30ClN3O4S/c1-4-11-25-19(29)16-17-21(31)27(13(2)12-28)18(23(17)10-9-22(16,3)32-23)20(30)26-15-8-6-5-7-14(15)24/h5-8,13,16-18,28H,4,9-12H2,1-3H3,(H,25,29)(H,26,30)/t13-,16+,17+,18?,22-,23?/m1/s1. The lowest BCUT2D eigenvalue weighted by Gasteiger charge is -2.36. The third-order valence-electron chi connectivity index (χ3n) is 7.17. The summed E-state index contributed by atoms with van der Waals surface area (Å²) in [7, 11) is 0. The summed E-state index contributed by atoms with van der Waals surface area (Å²) in [5, 5.41) is 16.2. The average Bonchev–Trinajstić information content (AvgIpc) is 3.34. The topological polar surface area (TPSA) is 98.7 Å². The van der Waals surface area contributed by atoms with Gasteiger partial charge in [-0.2, -0.15) is 0 Å². The van der Waals surface area contributed by atoms with E-state index in [2.05, 4.69) is 10.6 Å². The van der Waals surface area contributed by atoms with Crippen LogP contribution >= 0.6 is 23.4 Å². The van der Waals surface area contributed by atoms with Crippen molar-refractivity contribution >= 4 is 46.8 Å². The molecule has 7 nitrogen and oxygen atoms in total. The molecule has 0 saturated carbocycles. The zero-order chi connectivity index (χ0) is 23.3. The monoisotopic (exact) mass is 479 g/mol. The minimum absolute atomic E-state index is 0.120. The number of aliphatic hydroxyl groups is 1. The molecule has 2 unspecified atom stereocenters. The largest absolute Gasteiger partial charge is 0.394 e. The molecule has 3 aliphatic heterocycles. The Morgan fingerprint density at radius 2 is 2.03 bits per heavy atom. The van der Waals surface area contributed by atoms with Crippen LogP contribution in [0.5, 0.6) is 0 Å². The van der Waals surface area contributed by atoms with E-state index in [0.29, 0.717) is 23.7 Å². The van der Waals surface area contributed by atoms with E-state index in [9.17, 15) is 19.5 Å². The van der Waals surface area contributed by atoms with Crippen molar-refractivity contribution in [2.45, 2.75) is 61.6 Å². The molecule has 3 amide bonds. The number of para-hydroxylation sites is 1. The second-order valence-electron chi connectivity index (χ2n) is 9.26. The predicted octanol–water partition coefficient (Wildman–Crippen LogP) is 2.67. The number of nitrogens with one attached hydrogen (secondary N) is 2. The number of fused-ring (bicyclic) bond motifs is 1. The van der Waals surface area contributed by atoms with E-state index < -0.39 is 33.4 Å². The molecule has 3 aliphatic rings. The lowest BCUT2D eigenvalue weighted by Crippen LogP contribution is -2.54. The van der Waals surface area contributed by atoms with Crippen LogP contribution in [0.4, 0.5) is 5.69 Å². The molecule has 3 saturated heterocycles. The van der Waals surface area contributed by atoms with Gasteiger partial charge in [-0.05, 0) is 45.2 Å². The van der Waals surface area contributed by atoms with Gasteiger partial charge in [-0.15, -0.1) is 11.8 Å². The SMILES string of the molecule is CCCNC(=O)[C@@H]1[C@H]2C(=O)N([C@H](C)CO)C(C(=O)Nc3ccccc3Cl)C23CC[C@@]1(C)S3. The fourth-order valence-electron chi connectivity index (χ4n) is 5.75. The summed E-state index contributed by atoms with van der Waals surface area (Å²) in [6.45, 7) is 6.04. The minimum atomic E-state index is -0.797. The van der Waals surface area contributed by atoms with Crippen LogP contribution in [0.3, 0.4) is 0 Å². The van der Waals surface area contributed by atoms with Crippen LogP contribution in [0.1, 0.15) is 40.0 Å². The summed E-state index contributed by atoms with van der Waals surface area (Å²) in [6, 6.07) is 5.62. The van der Waals surface area contributed by atoms with Crippen molar-refractivity contribution in [3.63, 3.8) is 0 Å². The van der Waals surface area contributed by atoms with E-state index in [1.165, 1.54) is 4.90 Å². The molecule has 0 aromatic heterocycles. The maximum atomic E-state index is 13.8. The van der Waals surface area contributed by atoms with Gasteiger partial charge >= 0.3 is 0 Å². The summed E-state index contributed by atoms with van der Waals surface area (Å²) in [5.41, 5.74) is 0.476. The molecule has 3 N–H and O–H groups in total. The van der Waals surface area contributed by atoms with Crippen molar-refractivity contribution in [2.24, 2.45) is 11.8 Å². The molecule has 32 heavy (non-hydrogen) atoms. The quantitative estimate of drug-likeness (QED) is 0.558. The number of likely N-dealkylation sites (tertiary alicyclic amines) is 1. The van der Waals surface area contributed by atoms with Crippen molar-refractivity contribution in [3.05, 3.63) is 29.3 Å². The highest BCUT2D eigenvalue weighted by Crippen LogP contribution is 2.71. The first-order valence-electron chi connectivity index (χ1n) is 11.2. The molecule has 174 valence electrons. The molecule has 1 aromatic rings. The Bertz CT molecular complexity index is 946. The first-order chi connectivity index (χ1) is 15.2. The lowest BCUT2D eigenvalue weighted by atomic mass is 9.66. The molecule has 2 bridgehead atoms. The molecular weight excluding hydrogens is 450 g/mol. The van der Waals surface area contributed by atoms with Gasteiger partial charge in [0, 0.05) is 11.3 Å². The summed E-state index contributed by atoms with van der Waals surface area (Å²) >= 11 is 7.87. The van der Waals surface area contributed by atoms with Gasteiger partial charge in [-0.1, -0.05) is 30.7 Å². The number of anilines is 1. The lowest BCUT2D eigenvalue weighted by molar-refractivity contribution is -0.142. The van der Waals surface area contributed by atoms with Gasteiger partial charge < -0.3 is 20.6 Å². The number of halogens is 1. The van der Waals surface area contributed by atoms with E-state index in [1.807, 2.05) is 13.8 Å². The van der Waals surface area contributed by atoms with Crippen molar-refractivity contribution < 1.29 is 19.5 Å². The summed E-state index contributed by atoms with van der Waals surface area (Å²) in [4.78, 5) is 42.1. The fourth-order valence-corrected chi connectivity index (χ4v) is 8.27. The molecule has 0 aliphatic carbocycles. The van der Waals surface area contributed by atoms with E-state index in [1.54, 1.807) is 43.0 Å². The summed E-state index contributed by atoms with van der Waals surface area (Å²) in [5.74, 6) is -1.78. The zero-order valence-corrected chi connectivity index (χ0v) is 20.1. The van der Waals surface area contributed by atoms with Gasteiger partial charge in [0.2, 0.25) is 17.7 Å². The number of amides is 3. The zero-order valence-electron chi connectivity index (χ0n) is 18.6. The fraction of sp³-hybridized carbons (Fsp3) is 0.609. The van der Waals surface area contributed by atoms with E-state index in [-0.39, 0.29) is 24.3 Å². The van der Waals surface area contributed by atoms with Crippen LogP contribution in [0.15, 0.2) is 24.3 Å². The normalized spacial score (nSPS) is 33.8. The highest BCUT2D eigenvalue weighted by Gasteiger charge is 2.77. The Hall–Kier alpha value is -1.77. The Kier molecular flexibility index (Phi) is 6.24. The number of hydrogen-bond donors (Lipinski definition) is 3. The molecule has 1 spiro atoms. The number of carbonyl (C=O) groups excluding carboxylic acids is 3. The first-order valence-corrected chi connectivity index (χ1v) is 12.4. The molecular formula is C23H30ClN3O4S. The molecule has 3 heterocycles. The number of benzene rings is 1. The number of carbonyl (C=O) groups is 3. The Labute approximate surface area is 197 Å². The van der Waals surface area contributed by atoms with Crippen LogP contribution in [-0.2, 0) is 14.4 Å². The van der Waals surface area contributed by atoms with Gasteiger partial charge in [0.1, 0.15) is 6.04 Å². The number of hydrogen-bond acceptors (Lipinski definition) is 5. The highest BCUT2D eigenvalue weighted by atomic mass is 35.5. The molecule has 9 heteroatoms. The van der Waals surface area contributed by atoms with Crippen molar-refractivity contribution in [3.8, 4) is 0 Å². The molecule has 6 atom stereocenters. The third-order valence-corrected chi connectivity index (χ3v) is 9.48.